The highest BCUT2D eigenvalue weighted by atomic mass is 16.5. The van der Waals surface area contributed by atoms with Crippen LogP contribution in [0.25, 0.3) is 23.0 Å². The molecule has 3 aromatic rings. The fraction of sp³-hybridized carbons (Fsp3) is 0.190. The second-order valence-electron chi connectivity index (χ2n) is 6.14. The molecule has 30 heavy (non-hydrogen) atoms. The van der Waals surface area contributed by atoms with Crippen LogP contribution in [0.4, 0.5) is 0 Å². The smallest absolute Gasteiger partial charge is 0.254 e. The molecule has 0 saturated heterocycles. The summed E-state index contributed by atoms with van der Waals surface area (Å²) in [6.45, 7) is 0. The topological polar surface area (TPSA) is 127 Å². The Bertz CT molecular complexity index is 1090. The zero-order valence-electron chi connectivity index (χ0n) is 16.5. The van der Waals surface area contributed by atoms with Crippen LogP contribution in [0.5, 0.6) is 23.0 Å². The zero-order chi connectivity index (χ0) is 21.7. The van der Waals surface area contributed by atoms with Gasteiger partial charge in [0.15, 0.2) is 23.0 Å². The molecule has 0 aliphatic heterocycles. The van der Waals surface area contributed by atoms with E-state index in [9.17, 15) is 15.0 Å². The lowest BCUT2D eigenvalue weighted by Crippen LogP contribution is -2.22. The number of aromatic nitrogens is 2. The maximum absolute atomic E-state index is 11.2. The molecule has 0 aliphatic rings. The van der Waals surface area contributed by atoms with Gasteiger partial charge in [0.05, 0.1) is 21.3 Å². The van der Waals surface area contributed by atoms with Crippen LogP contribution in [0.1, 0.15) is 17.9 Å². The fourth-order valence-corrected chi connectivity index (χ4v) is 2.79. The SMILES string of the molecule is COc1ccc(/C=C(\CC(=O)[O-])c2nc(-c3ccc(OC)c(OC)c3)no2)cc1O. The van der Waals surface area contributed by atoms with Crippen LogP contribution in [-0.4, -0.2) is 42.5 Å². The quantitative estimate of drug-likeness (QED) is 0.593. The Labute approximate surface area is 172 Å². The summed E-state index contributed by atoms with van der Waals surface area (Å²) in [5.74, 6) is 0.178. The molecule has 1 aromatic heterocycles. The average Bonchev–Trinajstić information content (AvgIpc) is 3.23. The second kappa shape index (κ2) is 8.99. The maximum atomic E-state index is 11.2. The number of carboxylic acids is 1. The average molecular weight is 411 g/mol. The van der Waals surface area contributed by atoms with Gasteiger partial charge in [0.25, 0.3) is 5.89 Å². The van der Waals surface area contributed by atoms with E-state index in [-0.39, 0.29) is 23.0 Å². The summed E-state index contributed by atoms with van der Waals surface area (Å²) in [4.78, 5) is 15.5. The third-order valence-electron chi connectivity index (χ3n) is 4.22. The van der Waals surface area contributed by atoms with Crippen molar-refractivity contribution in [2.45, 2.75) is 6.42 Å². The van der Waals surface area contributed by atoms with E-state index < -0.39 is 12.4 Å². The molecule has 0 radical (unpaired) electrons. The van der Waals surface area contributed by atoms with Gasteiger partial charge in [-0.15, -0.1) is 0 Å². The first-order chi connectivity index (χ1) is 14.4. The van der Waals surface area contributed by atoms with Crippen LogP contribution in [0, 0.1) is 0 Å². The first-order valence-electron chi connectivity index (χ1n) is 8.79. The first kappa shape index (κ1) is 20.7. The second-order valence-corrected chi connectivity index (χ2v) is 6.14. The van der Waals surface area contributed by atoms with Crippen LogP contribution < -0.4 is 19.3 Å². The van der Waals surface area contributed by atoms with Gasteiger partial charge in [-0.3, -0.25) is 0 Å². The van der Waals surface area contributed by atoms with Gasteiger partial charge in [-0.1, -0.05) is 11.2 Å². The number of hydrogen-bond donors (Lipinski definition) is 1. The Morgan fingerprint density at radius 2 is 1.77 bits per heavy atom. The molecule has 0 spiro atoms. The Kier molecular flexibility index (Phi) is 6.21. The van der Waals surface area contributed by atoms with Crippen LogP contribution in [0.2, 0.25) is 0 Å². The molecule has 0 aliphatic carbocycles. The highest BCUT2D eigenvalue weighted by Crippen LogP contribution is 2.32. The van der Waals surface area contributed by atoms with Crippen LogP contribution in [0.15, 0.2) is 40.9 Å². The van der Waals surface area contributed by atoms with E-state index in [1.807, 2.05) is 0 Å². The summed E-state index contributed by atoms with van der Waals surface area (Å²) >= 11 is 0. The molecule has 0 unspecified atom stereocenters. The molecule has 0 atom stereocenters. The predicted octanol–water partition coefficient (Wildman–Crippen LogP) is 2.15. The van der Waals surface area contributed by atoms with Gasteiger partial charge in [0.1, 0.15) is 0 Å². The number of ether oxygens (including phenoxy) is 3. The number of carboxylic acid groups (broad SMARTS) is 1. The molecule has 0 bridgehead atoms. The van der Waals surface area contributed by atoms with Crippen molar-refractivity contribution in [3.63, 3.8) is 0 Å². The van der Waals surface area contributed by atoms with E-state index in [0.717, 1.165) is 0 Å². The van der Waals surface area contributed by atoms with Crippen molar-refractivity contribution < 1.29 is 33.7 Å². The molecule has 9 nitrogen and oxygen atoms in total. The number of aliphatic carboxylic acids is 1. The number of methoxy groups -OCH3 is 3. The van der Waals surface area contributed by atoms with E-state index in [4.69, 9.17) is 18.7 Å². The summed E-state index contributed by atoms with van der Waals surface area (Å²) in [7, 11) is 4.46. The van der Waals surface area contributed by atoms with E-state index in [1.54, 1.807) is 30.3 Å². The summed E-state index contributed by atoms with van der Waals surface area (Å²) in [6.07, 6.45) is 1.06. The van der Waals surface area contributed by atoms with Gasteiger partial charge in [-0.2, -0.15) is 4.98 Å². The fourth-order valence-electron chi connectivity index (χ4n) is 2.79. The minimum Gasteiger partial charge on any atom is -0.550 e. The van der Waals surface area contributed by atoms with Gasteiger partial charge in [0, 0.05) is 23.5 Å². The molecule has 0 fully saturated rings. The summed E-state index contributed by atoms with van der Waals surface area (Å²) in [5.41, 5.74) is 1.34. The third-order valence-corrected chi connectivity index (χ3v) is 4.22. The lowest BCUT2D eigenvalue weighted by Gasteiger charge is -2.07. The van der Waals surface area contributed by atoms with Crippen molar-refractivity contribution in [2.75, 3.05) is 21.3 Å². The van der Waals surface area contributed by atoms with Crippen LogP contribution in [0.3, 0.4) is 0 Å². The highest BCUT2D eigenvalue weighted by Gasteiger charge is 2.16. The maximum Gasteiger partial charge on any atom is 0.254 e. The minimum absolute atomic E-state index is 0.0132. The molecule has 0 amide bonds. The monoisotopic (exact) mass is 411 g/mol. The van der Waals surface area contributed by atoms with Crippen molar-refractivity contribution in [1.29, 1.82) is 0 Å². The molecular weight excluding hydrogens is 392 g/mol. The van der Waals surface area contributed by atoms with E-state index in [0.29, 0.717) is 28.4 Å². The Morgan fingerprint density at radius 1 is 1.07 bits per heavy atom. The van der Waals surface area contributed by atoms with Crippen molar-refractivity contribution in [3.05, 3.63) is 47.9 Å². The van der Waals surface area contributed by atoms with Crippen molar-refractivity contribution >= 4 is 17.6 Å². The highest BCUT2D eigenvalue weighted by molar-refractivity contribution is 5.89. The van der Waals surface area contributed by atoms with Gasteiger partial charge >= 0.3 is 0 Å². The summed E-state index contributed by atoms with van der Waals surface area (Å²) in [5, 5.41) is 25.1. The Morgan fingerprint density at radius 3 is 2.40 bits per heavy atom. The van der Waals surface area contributed by atoms with Crippen molar-refractivity contribution in [2.24, 2.45) is 0 Å². The zero-order valence-corrected chi connectivity index (χ0v) is 16.5. The van der Waals surface area contributed by atoms with Gasteiger partial charge in [0.2, 0.25) is 5.82 Å². The van der Waals surface area contributed by atoms with E-state index >= 15 is 0 Å². The van der Waals surface area contributed by atoms with E-state index in [1.165, 1.54) is 33.5 Å². The minimum atomic E-state index is -1.31. The number of phenols is 1. The molecule has 1 N–H and O–H groups in total. The standard InChI is InChI=1S/C21H20N2O7/c1-27-16-6-4-12(9-15(16)24)8-14(11-19(25)26)21-22-20(23-30-21)13-5-7-17(28-2)18(10-13)29-3/h4-10,24H,11H2,1-3H3,(H,25,26)/p-1/b14-8+. The van der Waals surface area contributed by atoms with Gasteiger partial charge in [-0.05, 0) is 42.0 Å². The molecule has 0 saturated carbocycles. The lowest BCUT2D eigenvalue weighted by molar-refractivity contribution is -0.304. The first-order valence-corrected chi connectivity index (χ1v) is 8.79. The van der Waals surface area contributed by atoms with Crippen molar-refractivity contribution in [3.8, 4) is 34.4 Å². The predicted molar refractivity (Wildman–Crippen MR) is 105 cm³/mol. The van der Waals surface area contributed by atoms with Crippen LogP contribution >= 0.6 is 0 Å². The Hall–Kier alpha value is -4.01. The molecule has 156 valence electrons. The number of carbonyl (C=O) groups excluding carboxylic acids is 1. The molecule has 9 heteroatoms. The lowest BCUT2D eigenvalue weighted by atomic mass is 10.1. The number of benzene rings is 2. The number of hydrogen-bond acceptors (Lipinski definition) is 9. The number of phenolic OH excluding ortho intramolecular Hbond substituents is 1. The Balaban J connectivity index is 1.98. The van der Waals surface area contributed by atoms with Crippen LogP contribution in [-0.2, 0) is 4.79 Å². The molecule has 2 aromatic carbocycles. The third kappa shape index (κ3) is 4.52. The number of nitrogens with zero attached hydrogens (tertiary/aromatic N) is 2. The normalized spacial score (nSPS) is 11.2. The molecular formula is C21H19N2O7-. The number of rotatable bonds is 8. The number of carbonyl (C=O) groups is 1. The molecule has 3 rings (SSSR count). The van der Waals surface area contributed by atoms with Gasteiger partial charge < -0.3 is 33.7 Å². The summed E-state index contributed by atoms with van der Waals surface area (Å²) < 4.78 is 20.8. The molecule has 1 heterocycles. The number of aromatic hydroxyl groups is 1. The van der Waals surface area contributed by atoms with Gasteiger partial charge in [-0.25, -0.2) is 0 Å². The summed E-state index contributed by atoms with van der Waals surface area (Å²) in [6, 6.07) is 9.73. The van der Waals surface area contributed by atoms with E-state index in [2.05, 4.69) is 10.1 Å². The largest absolute Gasteiger partial charge is 0.550 e. The van der Waals surface area contributed by atoms with Crippen molar-refractivity contribution in [1.82, 2.24) is 10.1 Å².